The second-order valence-corrected chi connectivity index (χ2v) is 14.5. The Morgan fingerprint density at radius 2 is 1.00 bits per heavy atom. The highest BCUT2D eigenvalue weighted by atomic mass is 32.1. The van der Waals surface area contributed by atoms with Crippen molar-refractivity contribution >= 4 is 64.2 Å². The summed E-state index contributed by atoms with van der Waals surface area (Å²) in [6.07, 6.45) is 0. The van der Waals surface area contributed by atoms with E-state index in [9.17, 15) is 0 Å². The maximum atomic E-state index is 6.26. The van der Waals surface area contributed by atoms with Crippen molar-refractivity contribution in [2.24, 2.45) is 0 Å². The maximum absolute atomic E-state index is 6.26. The van der Waals surface area contributed by atoms with Crippen LogP contribution < -0.4 is 0 Å². The van der Waals surface area contributed by atoms with Crippen molar-refractivity contribution in [1.29, 1.82) is 0 Å². The van der Waals surface area contributed by atoms with Gasteiger partial charge in [-0.3, -0.25) is 0 Å². The topological polar surface area (TPSA) is 64.7 Å². The van der Waals surface area contributed by atoms with Crippen LogP contribution in [-0.2, 0) is 0 Å². The summed E-state index contributed by atoms with van der Waals surface area (Å²) in [5.41, 5.74) is 7.73. The van der Waals surface area contributed by atoms with Crippen LogP contribution in [0.25, 0.3) is 110 Å². The molecule has 0 spiro atoms. The van der Waals surface area contributed by atoms with Crippen molar-refractivity contribution in [2.45, 2.75) is 0 Å². The number of benzene rings is 8. The molecule has 0 atom stereocenters. The van der Waals surface area contributed by atoms with Crippen LogP contribution in [0.3, 0.4) is 0 Å². The summed E-state index contributed by atoms with van der Waals surface area (Å²) in [6.45, 7) is 0. The van der Waals surface area contributed by atoms with Crippen molar-refractivity contribution in [3.05, 3.63) is 170 Å². The number of fused-ring (bicyclic) bond motifs is 7. The third-order valence-corrected chi connectivity index (χ3v) is 11.4. The van der Waals surface area contributed by atoms with Gasteiger partial charge >= 0.3 is 0 Å². The quantitative estimate of drug-likeness (QED) is 0.167. The number of rotatable bonds is 5. The minimum atomic E-state index is 0.623. The fourth-order valence-corrected chi connectivity index (χ4v) is 8.76. The second-order valence-electron chi connectivity index (χ2n) is 13.4. The Morgan fingerprint density at radius 3 is 1.78 bits per heavy atom. The van der Waals surface area contributed by atoms with Crippen molar-refractivity contribution in [3.63, 3.8) is 0 Å². The summed E-state index contributed by atoms with van der Waals surface area (Å²) in [5, 5.41) is 7.21. The molecule has 0 saturated carbocycles. The molecule has 11 rings (SSSR count). The number of hydrogen-bond donors (Lipinski definition) is 0. The Balaban J connectivity index is 1.04. The summed E-state index contributed by atoms with van der Waals surface area (Å²) in [5.74, 6) is 2.52. The predicted octanol–water partition coefficient (Wildman–Crippen LogP) is 13.0. The molecule has 0 amide bonds. The maximum Gasteiger partial charge on any atom is 0.227 e. The Kier molecular flexibility index (Phi) is 6.97. The number of oxazole rings is 1. The van der Waals surface area contributed by atoms with E-state index in [0.29, 0.717) is 23.4 Å². The van der Waals surface area contributed by atoms with Crippen LogP contribution in [0.15, 0.2) is 174 Å². The van der Waals surface area contributed by atoms with Gasteiger partial charge < -0.3 is 4.42 Å². The molecule has 6 heteroatoms. The van der Waals surface area contributed by atoms with Gasteiger partial charge in [0.2, 0.25) is 5.89 Å². The van der Waals surface area contributed by atoms with Gasteiger partial charge in [0.1, 0.15) is 5.52 Å². The molecule has 5 nitrogen and oxygen atoms in total. The van der Waals surface area contributed by atoms with E-state index in [2.05, 4.69) is 109 Å². The molecule has 0 aliphatic rings. The molecule has 11 aromatic rings. The molecule has 0 saturated heterocycles. The molecule has 0 fully saturated rings. The molecule has 3 heterocycles. The first-order chi connectivity index (χ1) is 26.7. The summed E-state index contributed by atoms with van der Waals surface area (Å²) in [4.78, 5) is 20.1. The van der Waals surface area contributed by atoms with Crippen molar-refractivity contribution < 1.29 is 4.42 Å². The van der Waals surface area contributed by atoms with Crippen LogP contribution >= 0.6 is 11.3 Å². The molecule has 0 unspecified atom stereocenters. The summed E-state index contributed by atoms with van der Waals surface area (Å²) >= 11 is 1.73. The van der Waals surface area contributed by atoms with Crippen molar-refractivity contribution in [3.8, 4) is 56.7 Å². The fraction of sp³-hybridized carbons (Fsp3) is 0. The lowest BCUT2D eigenvalue weighted by molar-refractivity contribution is 0.620. The SMILES string of the molecule is c1ccc(-c2nc(-c3ccc(-c4cc5ccccc5c5ccccc45)cc3)nc(-c3cccc4c3sc3cc5nc(-c6ccccc6)oc5cc34)n2)cc1. The Bertz CT molecular complexity index is 3210. The first-order valence-corrected chi connectivity index (χ1v) is 18.7. The van der Waals surface area contributed by atoms with E-state index in [0.717, 1.165) is 59.1 Å². The average molecular weight is 709 g/mol. The van der Waals surface area contributed by atoms with E-state index in [4.69, 9.17) is 24.4 Å². The van der Waals surface area contributed by atoms with Gasteiger partial charge in [-0.2, -0.15) is 0 Å². The van der Waals surface area contributed by atoms with Gasteiger partial charge in [-0.05, 0) is 69.1 Å². The average Bonchev–Trinajstić information content (AvgIpc) is 3.84. The third kappa shape index (κ3) is 5.07. The number of aromatic nitrogens is 4. The Morgan fingerprint density at radius 1 is 0.389 bits per heavy atom. The van der Waals surface area contributed by atoms with Crippen molar-refractivity contribution in [2.75, 3.05) is 0 Å². The molecule has 0 aliphatic heterocycles. The largest absolute Gasteiger partial charge is 0.436 e. The van der Waals surface area contributed by atoms with E-state index < -0.39 is 0 Å². The molecular weight excluding hydrogens is 681 g/mol. The number of hydrogen-bond acceptors (Lipinski definition) is 6. The van der Waals surface area contributed by atoms with Crippen LogP contribution in [0.4, 0.5) is 0 Å². The molecule has 0 N–H and O–H groups in total. The number of nitrogens with zero attached hydrogens (tertiary/aromatic N) is 4. The van der Waals surface area contributed by atoms with E-state index in [1.165, 1.54) is 27.1 Å². The minimum Gasteiger partial charge on any atom is -0.436 e. The van der Waals surface area contributed by atoms with E-state index in [1.807, 2.05) is 60.7 Å². The van der Waals surface area contributed by atoms with Gasteiger partial charge in [0.05, 0.1) is 0 Å². The van der Waals surface area contributed by atoms with E-state index in [-0.39, 0.29) is 0 Å². The molecule has 0 radical (unpaired) electrons. The van der Waals surface area contributed by atoms with Gasteiger partial charge in [-0.15, -0.1) is 11.3 Å². The molecule has 54 heavy (non-hydrogen) atoms. The first-order valence-electron chi connectivity index (χ1n) is 17.9. The highest BCUT2D eigenvalue weighted by Gasteiger charge is 2.19. The van der Waals surface area contributed by atoms with Crippen LogP contribution in [-0.4, -0.2) is 19.9 Å². The fourth-order valence-electron chi connectivity index (χ4n) is 7.53. The van der Waals surface area contributed by atoms with Gasteiger partial charge in [0.25, 0.3) is 0 Å². The lowest BCUT2D eigenvalue weighted by atomic mass is 9.93. The molecule has 3 aromatic heterocycles. The zero-order valence-electron chi connectivity index (χ0n) is 28.8. The lowest BCUT2D eigenvalue weighted by Gasteiger charge is -2.12. The molecule has 8 aromatic carbocycles. The minimum absolute atomic E-state index is 0.623. The molecule has 0 bridgehead atoms. The van der Waals surface area contributed by atoms with Crippen LogP contribution in [0.5, 0.6) is 0 Å². The Hall–Kier alpha value is -7.02. The third-order valence-electron chi connectivity index (χ3n) is 10.2. The Labute approximate surface area is 313 Å². The first kappa shape index (κ1) is 30.6. The second kappa shape index (κ2) is 12.3. The normalized spacial score (nSPS) is 11.7. The van der Waals surface area contributed by atoms with Crippen molar-refractivity contribution in [1.82, 2.24) is 19.9 Å². The summed E-state index contributed by atoms with van der Waals surface area (Å²) in [7, 11) is 0. The monoisotopic (exact) mass is 708 g/mol. The lowest BCUT2D eigenvalue weighted by Crippen LogP contribution is -2.00. The van der Waals surface area contributed by atoms with E-state index in [1.54, 1.807) is 11.3 Å². The molecular formula is C48H28N4OS. The zero-order valence-corrected chi connectivity index (χ0v) is 29.6. The van der Waals surface area contributed by atoms with Crippen LogP contribution in [0, 0.1) is 0 Å². The highest BCUT2D eigenvalue weighted by molar-refractivity contribution is 7.26. The molecule has 0 aliphatic carbocycles. The zero-order chi connectivity index (χ0) is 35.6. The summed E-state index contributed by atoms with van der Waals surface area (Å²) in [6, 6.07) is 58.9. The molecule has 252 valence electrons. The van der Waals surface area contributed by atoms with Crippen LogP contribution in [0.2, 0.25) is 0 Å². The van der Waals surface area contributed by atoms with Gasteiger partial charge in [-0.25, -0.2) is 19.9 Å². The van der Waals surface area contributed by atoms with Gasteiger partial charge in [0, 0.05) is 42.4 Å². The smallest absolute Gasteiger partial charge is 0.227 e. The summed E-state index contributed by atoms with van der Waals surface area (Å²) < 4.78 is 8.50. The van der Waals surface area contributed by atoms with Gasteiger partial charge in [-0.1, -0.05) is 133 Å². The van der Waals surface area contributed by atoms with E-state index >= 15 is 0 Å². The standard InChI is InChI=1S/C48H28N4OS/c1-3-12-30(13-4-1)45-50-46(31-24-22-29(23-25-31)39-26-33-16-7-8-17-34(33)35-18-9-10-19-36(35)39)52-47(51-45)38-21-11-20-37-40-27-42-41(28-43(40)54-44(37)38)49-48(53-42)32-14-5-2-6-15-32/h1-28H. The predicted molar refractivity (Wildman–Crippen MR) is 222 cm³/mol. The number of thiophene rings is 1. The van der Waals surface area contributed by atoms with Crippen LogP contribution in [0.1, 0.15) is 0 Å². The highest BCUT2D eigenvalue weighted by Crippen LogP contribution is 2.42. The van der Waals surface area contributed by atoms with Gasteiger partial charge in [0.15, 0.2) is 23.1 Å².